The van der Waals surface area contributed by atoms with Gasteiger partial charge in [-0.05, 0) is 6.42 Å². The first kappa shape index (κ1) is 12.5. The summed E-state index contributed by atoms with van der Waals surface area (Å²) in [5.74, 6) is -1.27. The topological polar surface area (TPSA) is 116 Å². The van der Waals surface area contributed by atoms with Crippen LogP contribution in [0.4, 0.5) is 5.69 Å². The highest BCUT2D eigenvalue weighted by Crippen LogP contribution is 2.10. The van der Waals surface area contributed by atoms with Crippen LogP contribution in [0, 0.1) is 0 Å². The second-order valence-electron chi connectivity index (χ2n) is 4.16. The van der Waals surface area contributed by atoms with Gasteiger partial charge in [0.25, 0.3) is 0 Å². The van der Waals surface area contributed by atoms with Crippen molar-refractivity contribution < 1.29 is 19.8 Å². The number of aromatic nitrogens is 2. The Morgan fingerprint density at radius 1 is 1.61 bits per heavy atom. The molecule has 2 atom stereocenters. The second-order valence-corrected chi connectivity index (χ2v) is 4.16. The normalized spacial score (nSPS) is 22.9. The number of carbonyl (C=O) groups excluding carboxylic acids is 1. The van der Waals surface area contributed by atoms with Crippen LogP contribution < -0.4 is 10.6 Å². The molecule has 0 aromatic carbocycles. The summed E-state index contributed by atoms with van der Waals surface area (Å²) in [7, 11) is 0. The van der Waals surface area contributed by atoms with Crippen molar-refractivity contribution in [1.29, 1.82) is 0 Å². The van der Waals surface area contributed by atoms with E-state index in [4.69, 9.17) is 5.11 Å². The van der Waals surface area contributed by atoms with E-state index in [9.17, 15) is 14.7 Å². The van der Waals surface area contributed by atoms with Crippen LogP contribution in [0.2, 0.25) is 0 Å². The highest BCUT2D eigenvalue weighted by molar-refractivity contribution is 5.94. The molecule has 2 rings (SSSR count). The van der Waals surface area contributed by atoms with Crippen molar-refractivity contribution in [3.05, 3.63) is 12.4 Å². The maximum atomic E-state index is 11.8. The summed E-state index contributed by atoms with van der Waals surface area (Å²) in [6.07, 6.45) is 2.69. The molecule has 1 aliphatic rings. The smallest absolute Gasteiger partial charge is 0.325 e. The molecule has 2 unspecified atom stereocenters. The van der Waals surface area contributed by atoms with Gasteiger partial charge in [-0.15, -0.1) is 0 Å². The SMILES string of the molecule is O=C(O)Cn1cc(NC(=O)C2CC(O)CN2)cn1. The molecule has 0 spiro atoms. The predicted octanol–water partition coefficient (Wildman–Crippen LogP) is -1.37. The lowest BCUT2D eigenvalue weighted by Crippen LogP contribution is -2.35. The summed E-state index contributed by atoms with van der Waals surface area (Å²) in [5.41, 5.74) is 0.435. The Balaban J connectivity index is 1.91. The standard InChI is InChI=1S/C10H14N4O4/c15-7-1-8(11-3-7)10(18)13-6-2-12-14(4-6)5-9(16)17/h2,4,7-8,11,15H,1,3,5H2,(H,13,18)(H,16,17). The van der Waals surface area contributed by atoms with Gasteiger partial charge in [-0.3, -0.25) is 14.3 Å². The van der Waals surface area contributed by atoms with E-state index >= 15 is 0 Å². The Hall–Kier alpha value is -1.93. The largest absolute Gasteiger partial charge is 0.480 e. The number of hydrogen-bond acceptors (Lipinski definition) is 5. The number of aliphatic carboxylic acids is 1. The summed E-state index contributed by atoms with van der Waals surface area (Å²) in [6.45, 7) is 0.145. The maximum Gasteiger partial charge on any atom is 0.325 e. The number of aliphatic hydroxyl groups is 1. The van der Waals surface area contributed by atoms with Gasteiger partial charge < -0.3 is 20.8 Å². The summed E-state index contributed by atoms with van der Waals surface area (Å²) >= 11 is 0. The lowest BCUT2D eigenvalue weighted by atomic mass is 10.2. The number of carboxylic acid groups (broad SMARTS) is 1. The summed E-state index contributed by atoms with van der Waals surface area (Å²) in [4.78, 5) is 22.2. The molecule has 4 N–H and O–H groups in total. The fourth-order valence-corrected chi connectivity index (χ4v) is 1.80. The van der Waals surface area contributed by atoms with Crippen molar-refractivity contribution in [2.75, 3.05) is 11.9 Å². The lowest BCUT2D eigenvalue weighted by molar-refractivity contribution is -0.137. The van der Waals surface area contributed by atoms with Crippen molar-refractivity contribution in [3.8, 4) is 0 Å². The number of anilines is 1. The number of carbonyl (C=O) groups is 2. The maximum absolute atomic E-state index is 11.8. The molecule has 1 saturated heterocycles. The van der Waals surface area contributed by atoms with Gasteiger partial charge in [0.2, 0.25) is 5.91 Å². The van der Waals surface area contributed by atoms with Gasteiger partial charge in [0.05, 0.1) is 24.0 Å². The molecule has 1 amide bonds. The van der Waals surface area contributed by atoms with Crippen LogP contribution >= 0.6 is 0 Å². The Bertz CT molecular complexity index is 458. The molecular weight excluding hydrogens is 240 g/mol. The van der Waals surface area contributed by atoms with Gasteiger partial charge >= 0.3 is 5.97 Å². The number of β-amino-alcohol motifs (C(OH)–C–C–N with tert-alkyl or cyclic N) is 1. The minimum atomic E-state index is -1.00. The van der Waals surface area contributed by atoms with Crippen molar-refractivity contribution in [1.82, 2.24) is 15.1 Å². The number of carboxylic acids is 1. The number of aliphatic hydroxyl groups excluding tert-OH is 1. The number of nitrogens with one attached hydrogen (secondary N) is 2. The average molecular weight is 254 g/mol. The molecule has 0 saturated carbocycles. The fraction of sp³-hybridized carbons (Fsp3) is 0.500. The van der Waals surface area contributed by atoms with E-state index in [0.717, 1.165) is 0 Å². The molecule has 8 heteroatoms. The highest BCUT2D eigenvalue weighted by atomic mass is 16.4. The number of rotatable bonds is 4. The zero-order chi connectivity index (χ0) is 13.1. The van der Waals surface area contributed by atoms with Crippen molar-refractivity contribution in [2.45, 2.75) is 25.1 Å². The monoisotopic (exact) mass is 254 g/mol. The van der Waals surface area contributed by atoms with Gasteiger partial charge in [0, 0.05) is 12.7 Å². The number of nitrogens with zero attached hydrogens (tertiary/aromatic N) is 2. The van der Waals surface area contributed by atoms with Crippen LogP contribution in [-0.2, 0) is 16.1 Å². The number of hydrogen-bond donors (Lipinski definition) is 4. The minimum absolute atomic E-state index is 0.254. The molecule has 2 heterocycles. The summed E-state index contributed by atoms with van der Waals surface area (Å²) < 4.78 is 1.22. The van der Waals surface area contributed by atoms with Crippen LogP contribution in [0.15, 0.2) is 12.4 Å². The van der Waals surface area contributed by atoms with E-state index in [2.05, 4.69) is 15.7 Å². The fourth-order valence-electron chi connectivity index (χ4n) is 1.80. The molecule has 8 nitrogen and oxygen atoms in total. The van der Waals surface area contributed by atoms with Gasteiger partial charge in [-0.2, -0.15) is 5.10 Å². The van der Waals surface area contributed by atoms with E-state index in [-0.39, 0.29) is 12.5 Å². The van der Waals surface area contributed by atoms with E-state index in [1.807, 2.05) is 0 Å². The average Bonchev–Trinajstić information content (AvgIpc) is 2.87. The van der Waals surface area contributed by atoms with Crippen molar-refractivity contribution in [2.24, 2.45) is 0 Å². The van der Waals surface area contributed by atoms with Crippen LogP contribution in [0.25, 0.3) is 0 Å². The van der Waals surface area contributed by atoms with E-state index in [0.29, 0.717) is 18.7 Å². The molecule has 0 aliphatic carbocycles. The zero-order valence-electron chi connectivity index (χ0n) is 9.54. The lowest BCUT2D eigenvalue weighted by Gasteiger charge is -2.08. The first-order valence-electron chi connectivity index (χ1n) is 5.51. The second kappa shape index (κ2) is 5.15. The molecule has 1 aromatic rings. The molecule has 18 heavy (non-hydrogen) atoms. The molecule has 1 fully saturated rings. The molecule has 0 radical (unpaired) electrons. The summed E-state index contributed by atoms with van der Waals surface area (Å²) in [5, 5.41) is 27.2. The third-order valence-corrected chi connectivity index (χ3v) is 2.62. The van der Waals surface area contributed by atoms with Crippen molar-refractivity contribution in [3.63, 3.8) is 0 Å². The van der Waals surface area contributed by atoms with Crippen LogP contribution in [-0.4, -0.2) is 50.6 Å². The van der Waals surface area contributed by atoms with Gasteiger partial charge in [-0.25, -0.2) is 0 Å². The first-order valence-corrected chi connectivity index (χ1v) is 5.51. The van der Waals surface area contributed by atoms with Crippen molar-refractivity contribution >= 4 is 17.6 Å². The quantitative estimate of drug-likeness (QED) is 0.526. The van der Waals surface area contributed by atoms with Crippen LogP contribution in [0.1, 0.15) is 6.42 Å². The van der Waals surface area contributed by atoms with Gasteiger partial charge in [0.15, 0.2) is 0 Å². The Kier molecular flexibility index (Phi) is 3.58. The third kappa shape index (κ3) is 3.05. The summed E-state index contributed by atoms with van der Waals surface area (Å²) in [6, 6.07) is -0.428. The molecule has 1 aliphatic heterocycles. The number of amides is 1. The first-order chi connectivity index (χ1) is 8.54. The predicted molar refractivity (Wildman–Crippen MR) is 60.9 cm³/mol. The highest BCUT2D eigenvalue weighted by Gasteiger charge is 2.28. The van der Waals surface area contributed by atoms with E-state index in [1.54, 1.807) is 0 Å². The molecule has 1 aromatic heterocycles. The van der Waals surface area contributed by atoms with Gasteiger partial charge in [-0.1, -0.05) is 0 Å². The molecule has 0 bridgehead atoms. The van der Waals surface area contributed by atoms with E-state index in [1.165, 1.54) is 17.1 Å². The zero-order valence-corrected chi connectivity index (χ0v) is 9.54. The Labute approximate surface area is 103 Å². The van der Waals surface area contributed by atoms with Crippen LogP contribution in [0.3, 0.4) is 0 Å². The Morgan fingerprint density at radius 3 is 3.00 bits per heavy atom. The van der Waals surface area contributed by atoms with E-state index < -0.39 is 18.1 Å². The molecular formula is C10H14N4O4. The Morgan fingerprint density at radius 2 is 2.39 bits per heavy atom. The van der Waals surface area contributed by atoms with Crippen LogP contribution in [0.5, 0.6) is 0 Å². The minimum Gasteiger partial charge on any atom is -0.480 e. The molecule has 98 valence electrons. The van der Waals surface area contributed by atoms with Gasteiger partial charge in [0.1, 0.15) is 6.54 Å². The third-order valence-electron chi connectivity index (χ3n) is 2.62.